The van der Waals surface area contributed by atoms with Crippen LogP contribution in [0.5, 0.6) is 0 Å². The molecule has 5 heteroatoms. The van der Waals surface area contributed by atoms with Crippen LogP contribution in [-0.4, -0.2) is 36.3 Å². The number of amides is 1. The predicted molar refractivity (Wildman–Crippen MR) is 44.3 cm³/mol. The first-order valence-electron chi connectivity index (χ1n) is 3.79. The van der Waals surface area contributed by atoms with E-state index in [1.54, 1.807) is 12.4 Å². The summed E-state index contributed by atoms with van der Waals surface area (Å²) in [7, 11) is 0. The summed E-state index contributed by atoms with van der Waals surface area (Å²) in [4.78, 5) is 16.8. The quantitative estimate of drug-likeness (QED) is 0.505. The summed E-state index contributed by atoms with van der Waals surface area (Å²) in [5.41, 5.74) is 6.22. The molecule has 0 aromatic carbocycles. The van der Waals surface area contributed by atoms with E-state index in [-0.39, 0.29) is 12.1 Å². The maximum absolute atomic E-state index is 10.9. The van der Waals surface area contributed by atoms with Gasteiger partial charge in [0, 0.05) is 24.7 Å². The van der Waals surface area contributed by atoms with Gasteiger partial charge in [-0.05, 0) is 0 Å². The predicted octanol–water partition coefficient (Wildman–Crippen LogP) is -1.37. The summed E-state index contributed by atoms with van der Waals surface area (Å²) >= 11 is 0. The number of carbonyl (C=O) groups is 1. The van der Waals surface area contributed by atoms with Crippen LogP contribution in [0.1, 0.15) is 0 Å². The molecule has 2 heterocycles. The number of primary amides is 1. The summed E-state index contributed by atoms with van der Waals surface area (Å²) in [5.74, 6) is -0.339. The van der Waals surface area contributed by atoms with Crippen LogP contribution in [0, 0.1) is 0 Å². The fourth-order valence-corrected chi connectivity index (χ4v) is 1.45. The number of hydrogen-bond acceptors (Lipinski definition) is 4. The monoisotopic (exact) mass is 166 g/mol. The third kappa shape index (κ3) is 0.984. The van der Waals surface area contributed by atoms with Crippen molar-refractivity contribution in [3.63, 3.8) is 0 Å². The van der Waals surface area contributed by atoms with Crippen LogP contribution in [0.25, 0.3) is 0 Å². The van der Waals surface area contributed by atoms with Crippen molar-refractivity contribution >= 4 is 12.1 Å². The summed E-state index contributed by atoms with van der Waals surface area (Å²) in [6.45, 7) is 1.33. The molecule has 0 aromatic heterocycles. The number of aliphatic imine (C=N–C) groups is 1. The highest BCUT2D eigenvalue weighted by Crippen LogP contribution is 2.15. The van der Waals surface area contributed by atoms with Crippen LogP contribution in [0.15, 0.2) is 16.9 Å². The minimum atomic E-state index is -0.358. The van der Waals surface area contributed by atoms with Crippen molar-refractivity contribution < 1.29 is 4.79 Å². The van der Waals surface area contributed by atoms with Crippen molar-refractivity contribution in [2.45, 2.75) is 6.17 Å². The van der Waals surface area contributed by atoms with Crippen molar-refractivity contribution in [1.82, 2.24) is 10.2 Å². The van der Waals surface area contributed by atoms with Gasteiger partial charge in [0.1, 0.15) is 0 Å². The van der Waals surface area contributed by atoms with E-state index in [2.05, 4.69) is 10.3 Å². The van der Waals surface area contributed by atoms with Gasteiger partial charge in [-0.3, -0.25) is 15.1 Å². The summed E-state index contributed by atoms with van der Waals surface area (Å²) in [5, 5.41) is 3.00. The number of hydrogen-bond donors (Lipinski definition) is 2. The third-order valence-electron chi connectivity index (χ3n) is 2.03. The Hall–Kier alpha value is -1.36. The Kier molecular flexibility index (Phi) is 1.58. The number of nitrogens with one attached hydrogen (secondary N) is 1. The molecule has 2 rings (SSSR count). The third-order valence-corrected chi connectivity index (χ3v) is 2.03. The SMILES string of the molecule is NC(=O)C1NCC2=CN=CCN21. The van der Waals surface area contributed by atoms with Crippen LogP contribution in [0.4, 0.5) is 0 Å². The molecular weight excluding hydrogens is 156 g/mol. The number of nitrogens with two attached hydrogens (primary N) is 1. The average Bonchev–Trinajstić information content (AvgIpc) is 2.47. The van der Waals surface area contributed by atoms with Crippen LogP contribution >= 0.6 is 0 Å². The maximum Gasteiger partial charge on any atom is 0.255 e. The van der Waals surface area contributed by atoms with E-state index >= 15 is 0 Å². The van der Waals surface area contributed by atoms with Gasteiger partial charge in [-0.2, -0.15) is 0 Å². The van der Waals surface area contributed by atoms with Crippen LogP contribution in [0.2, 0.25) is 0 Å². The summed E-state index contributed by atoms with van der Waals surface area (Å²) in [6.07, 6.45) is 3.15. The van der Waals surface area contributed by atoms with Gasteiger partial charge in [0.2, 0.25) is 0 Å². The second-order valence-corrected chi connectivity index (χ2v) is 2.79. The van der Waals surface area contributed by atoms with Gasteiger partial charge < -0.3 is 10.6 Å². The Morgan fingerprint density at radius 2 is 2.67 bits per heavy atom. The van der Waals surface area contributed by atoms with Gasteiger partial charge in [-0.25, -0.2) is 0 Å². The zero-order valence-electron chi connectivity index (χ0n) is 6.53. The molecule has 0 aromatic rings. The largest absolute Gasteiger partial charge is 0.367 e. The highest BCUT2D eigenvalue weighted by Gasteiger charge is 2.31. The lowest BCUT2D eigenvalue weighted by Crippen LogP contribution is -2.47. The first-order valence-corrected chi connectivity index (χ1v) is 3.79. The minimum absolute atomic E-state index is 0.339. The number of nitrogens with zero attached hydrogens (tertiary/aromatic N) is 2. The fraction of sp³-hybridized carbons (Fsp3) is 0.429. The molecule has 3 N–H and O–H groups in total. The van der Waals surface area contributed by atoms with Crippen LogP contribution in [0.3, 0.4) is 0 Å². The topological polar surface area (TPSA) is 70.7 Å². The van der Waals surface area contributed by atoms with E-state index in [1.807, 2.05) is 4.90 Å². The molecule has 1 saturated heterocycles. The molecule has 2 aliphatic heterocycles. The van der Waals surface area contributed by atoms with Gasteiger partial charge in [-0.15, -0.1) is 0 Å². The molecule has 64 valence electrons. The first kappa shape index (κ1) is 7.30. The number of fused-ring (bicyclic) bond motifs is 1. The van der Waals surface area contributed by atoms with E-state index in [9.17, 15) is 4.79 Å². The standard InChI is InChI=1S/C7H10N4O/c8-6(12)7-10-4-5-3-9-1-2-11(5)7/h1,3,7,10H,2,4H2,(H2,8,12). The van der Waals surface area contributed by atoms with Crippen molar-refractivity contribution in [3.8, 4) is 0 Å². The van der Waals surface area contributed by atoms with Gasteiger partial charge in [0.25, 0.3) is 5.91 Å². The number of rotatable bonds is 1. The Morgan fingerprint density at radius 3 is 3.42 bits per heavy atom. The van der Waals surface area contributed by atoms with Gasteiger partial charge in [0.05, 0.1) is 6.54 Å². The molecule has 0 aliphatic carbocycles. The zero-order chi connectivity index (χ0) is 8.55. The summed E-state index contributed by atoms with van der Waals surface area (Å²) in [6, 6.07) is 0. The second kappa shape index (κ2) is 2.60. The second-order valence-electron chi connectivity index (χ2n) is 2.79. The molecule has 1 fully saturated rings. The van der Waals surface area contributed by atoms with Crippen molar-refractivity contribution in [2.24, 2.45) is 10.7 Å². The smallest absolute Gasteiger partial charge is 0.255 e. The van der Waals surface area contributed by atoms with Crippen molar-refractivity contribution in [3.05, 3.63) is 11.9 Å². The number of carbonyl (C=O) groups excluding carboxylic acids is 1. The molecule has 1 atom stereocenters. The molecule has 2 aliphatic rings. The normalized spacial score (nSPS) is 26.8. The van der Waals surface area contributed by atoms with Crippen molar-refractivity contribution in [1.29, 1.82) is 0 Å². The molecule has 5 nitrogen and oxygen atoms in total. The molecular formula is C7H10N4O. The van der Waals surface area contributed by atoms with E-state index < -0.39 is 0 Å². The molecule has 1 amide bonds. The van der Waals surface area contributed by atoms with Crippen molar-refractivity contribution in [2.75, 3.05) is 13.1 Å². The Balaban J connectivity index is 2.20. The highest BCUT2D eigenvalue weighted by molar-refractivity contribution is 5.81. The minimum Gasteiger partial charge on any atom is -0.367 e. The van der Waals surface area contributed by atoms with Crippen LogP contribution < -0.4 is 11.1 Å². The fourth-order valence-electron chi connectivity index (χ4n) is 1.45. The average molecular weight is 166 g/mol. The lowest BCUT2D eigenvalue weighted by atomic mass is 10.3. The highest BCUT2D eigenvalue weighted by atomic mass is 16.1. The van der Waals surface area contributed by atoms with Gasteiger partial charge in [-0.1, -0.05) is 0 Å². The first-order chi connectivity index (χ1) is 5.79. The lowest BCUT2D eigenvalue weighted by Gasteiger charge is -2.24. The van der Waals surface area contributed by atoms with Gasteiger partial charge >= 0.3 is 0 Å². The van der Waals surface area contributed by atoms with E-state index in [4.69, 9.17) is 5.73 Å². The van der Waals surface area contributed by atoms with E-state index in [0.717, 1.165) is 5.70 Å². The van der Waals surface area contributed by atoms with Gasteiger partial charge in [0.15, 0.2) is 6.17 Å². The zero-order valence-corrected chi connectivity index (χ0v) is 6.53. The molecule has 12 heavy (non-hydrogen) atoms. The van der Waals surface area contributed by atoms with E-state index in [1.165, 1.54) is 0 Å². The Morgan fingerprint density at radius 1 is 1.83 bits per heavy atom. The molecule has 0 saturated carbocycles. The Labute approximate surface area is 69.9 Å². The molecule has 1 unspecified atom stereocenters. The lowest BCUT2D eigenvalue weighted by molar-refractivity contribution is -0.122. The molecule has 0 spiro atoms. The van der Waals surface area contributed by atoms with Crippen LogP contribution in [-0.2, 0) is 4.79 Å². The Bertz CT molecular complexity index is 271. The van der Waals surface area contributed by atoms with E-state index in [0.29, 0.717) is 13.1 Å². The maximum atomic E-state index is 10.9. The summed E-state index contributed by atoms with van der Waals surface area (Å²) < 4.78 is 0. The molecule has 0 radical (unpaired) electrons. The molecule has 0 bridgehead atoms.